The molecular weight excluding hydrogens is 270 g/mol. The van der Waals surface area contributed by atoms with E-state index in [-0.39, 0.29) is 0 Å². The minimum absolute atomic E-state index is 0.549. The Balaban J connectivity index is 2.69. The summed E-state index contributed by atoms with van der Waals surface area (Å²) in [7, 11) is 1.76. The molecule has 20 heavy (non-hydrogen) atoms. The van der Waals surface area contributed by atoms with Gasteiger partial charge < -0.3 is 15.0 Å². The maximum absolute atomic E-state index is 5.24. The highest BCUT2D eigenvalue weighted by Gasteiger charge is 2.18. The Kier molecular flexibility index (Phi) is 8.82. The molecule has 1 rings (SSSR count). The normalized spacial score (nSPS) is 11.2. The van der Waals surface area contributed by atoms with Crippen LogP contribution < -0.4 is 10.2 Å². The summed E-state index contributed by atoms with van der Waals surface area (Å²) in [4.78, 5) is 8.32. The average Bonchev–Trinajstić information content (AvgIpc) is 2.92. The van der Waals surface area contributed by atoms with Crippen molar-refractivity contribution in [3.8, 4) is 0 Å². The summed E-state index contributed by atoms with van der Waals surface area (Å²) in [5.74, 6) is 0. The van der Waals surface area contributed by atoms with Gasteiger partial charge in [-0.3, -0.25) is 0 Å². The number of nitrogens with one attached hydrogen (secondary N) is 1. The number of hydrogen-bond acceptors (Lipinski definition) is 5. The molecule has 0 radical (unpaired) electrons. The number of thiazole rings is 1. The lowest BCUT2D eigenvalue weighted by molar-refractivity contribution is 0.202. The molecule has 0 aliphatic heterocycles. The maximum Gasteiger partial charge on any atom is 0.185 e. The second kappa shape index (κ2) is 10.1. The summed E-state index contributed by atoms with van der Waals surface area (Å²) in [5.41, 5.74) is 0. The van der Waals surface area contributed by atoms with Crippen LogP contribution in [0.5, 0.6) is 0 Å². The van der Waals surface area contributed by atoms with Crippen molar-refractivity contribution in [2.75, 3.05) is 31.7 Å². The Hall–Kier alpha value is -0.650. The quantitative estimate of drug-likeness (QED) is 0.636. The molecule has 0 amide bonds. The van der Waals surface area contributed by atoms with Gasteiger partial charge in [-0.25, -0.2) is 4.98 Å². The van der Waals surface area contributed by atoms with Crippen LogP contribution in [0.25, 0.3) is 0 Å². The first-order chi connectivity index (χ1) is 9.76. The molecule has 0 aromatic carbocycles. The van der Waals surface area contributed by atoms with Crippen LogP contribution in [0.4, 0.5) is 5.13 Å². The van der Waals surface area contributed by atoms with Gasteiger partial charge in [0.05, 0.1) is 6.61 Å². The number of hydrogen-bond donors (Lipinski definition) is 1. The average molecular weight is 299 g/mol. The minimum atomic E-state index is 0.549. The maximum atomic E-state index is 5.24. The smallest absolute Gasteiger partial charge is 0.185 e. The van der Waals surface area contributed by atoms with E-state index in [9.17, 15) is 0 Å². The highest BCUT2D eigenvalue weighted by molar-refractivity contribution is 7.15. The molecule has 0 saturated carbocycles. The molecule has 116 valence electrons. The van der Waals surface area contributed by atoms with E-state index < -0.39 is 0 Å². The van der Waals surface area contributed by atoms with Crippen LogP contribution in [0, 0.1) is 0 Å². The summed E-state index contributed by atoms with van der Waals surface area (Å²) in [5, 5.41) is 4.56. The zero-order valence-corrected chi connectivity index (χ0v) is 14.1. The highest BCUT2D eigenvalue weighted by Crippen LogP contribution is 2.26. The van der Waals surface area contributed by atoms with E-state index in [4.69, 9.17) is 4.74 Å². The van der Waals surface area contributed by atoms with Gasteiger partial charge in [0.1, 0.15) is 0 Å². The van der Waals surface area contributed by atoms with E-state index in [1.54, 1.807) is 18.4 Å². The third kappa shape index (κ3) is 5.38. The van der Waals surface area contributed by atoms with Gasteiger partial charge in [0.15, 0.2) is 5.13 Å². The lowest BCUT2D eigenvalue weighted by Crippen LogP contribution is -2.37. The van der Waals surface area contributed by atoms with Gasteiger partial charge in [0.2, 0.25) is 0 Å². The van der Waals surface area contributed by atoms with Crippen LogP contribution in [0.15, 0.2) is 6.20 Å². The highest BCUT2D eigenvalue weighted by atomic mass is 32.1. The van der Waals surface area contributed by atoms with Crippen molar-refractivity contribution in [3.05, 3.63) is 11.1 Å². The first kappa shape index (κ1) is 17.4. The van der Waals surface area contributed by atoms with Gasteiger partial charge in [-0.15, -0.1) is 11.3 Å². The van der Waals surface area contributed by atoms with Gasteiger partial charge in [-0.2, -0.15) is 0 Å². The van der Waals surface area contributed by atoms with E-state index in [0.717, 1.165) is 44.2 Å². The van der Waals surface area contributed by atoms with E-state index in [1.165, 1.54) is 11.3 Å². The van der Waals surface area contributed by atoms with Crippen LogP contribution in [0.1, 0.15) is 44.9 Å². The summed E-state index contributed by atoms with van der Waals surface area (Å²) >= 11 is 1.80. The van der Waals surface area contributed by atoms with Crippen molar-refractivity contribution >= 4 is 16.5 Å². The number of methoxy groups -OCH3 is 1. The summed E-state index contributed by atoms with van der Waals surface area (Å²) in [6.07, 6.45) is 5.45. The van der Waals surface area contributed by atoms with Crippen molar-refractivity contribution in [2.45, 2.75) is 52.6 Å². The molecule has 0 aliphatic rings. The molecule has 0 unspecified atom stereocenters. The summed E-state index contributed by atoms with van der Waals surface area (Å²) in [6, 6.07) is 0.549. The monoisotopic (exact) mass is 299 g/mol. The first-order valence-electron chi connectivity index (χ1n) is 7.67. The predicted molar refractivity (Wildman–Crippen MR) is 87.7 cm³/mol. The Bertz CT molecular complexity index is 353. The largest absolute Gasteiger partial charge is 0.383 e. The molecule has 1 heterocycles. The van der Waals surface area contributed by atoms with E-state index in [1.807, 2.05) is 6.20 Å². The Morgan fingerprint density at radius 1 is 1.35 bits per heavy atom. The second-order valence-corrected chi connectivity index (χ2v) is 6.04. The van der Waals surface area contributed by atoms with Crippen LogP contribution in [0.3, 0.4) is 0 Å². The van der Waals surface area contributed by atoms with Crippen LogP contribution >= 0.6 is 11.3 Å². The van der Waals surface area contributed by atoms with Crippen LogP contribution in [-0.4, -0.2) is 37.8 Å². The molecule has 0 fully saturated rings. The number of anilines is 1. The number of aromatic nitrogens is 1. The first-order valence-corrected chi connectivity index (χ1v) is 8.49. The molecule has 0 saturated heterocycles. The molecule has 1 aromatic rings. The number of nitrogens with zero attached hydrogens (tertiary/aromatic N) is 2. The van der Waals surface area contributed by atoms with Crippen LogP contribution in [0.2, 0.25) is 0 Å². The number of rotatable bonds is 11. The van der Waals surface area contributed by atoms with Gasteiger partial charge >= 0.3 is 0 Å². The topological polar surface area (TPSA) is 37.4 Å². The molecule has 1 N–H and O–H groups in total. The lowest BCUT2D eigenvalue weighted by atomic mass is 10.1. The second-order valence-electron chi connectivity index (χ2n) is 4.94. The predicted octanol–water partition coefficient (Wildman–Crippen LogP) is 3.28. The summed E-state index contributed by atoms with van der Waals surface area (Å²) < 4.78 is 5.24. The third-order valence-corrected chi connectivity index (χ3v) is 4.47. The minimum Gasteiger partial charge on any atom is -0.383 e. The molecule has 0 spiro atoms. The van der Waals surface area contributed by atoms with Crippen LogP contribution in [-0.2, 0) is 11.3 Å². The summed E-state index contributed by atoms with van der Waals surface area (Å²) in [6.45, 7) is 10.3. The van der Waals surface area contributed by atoms with Crippen molar-refractivity contribution < 1.29 is 4.74 Å². The Labute approximate surface area is 127 Å². The van der Waals surface area contributed by atoms with Gasteiger partial charge in [0.25, 0.3) is 0 Å². The number of ether oxygens (including phenoxy) is 1. The third-order valence-electron chi connectivity index (χ3n) is 3.43. The molecule has 0 bridgehead atoms. The van der Waals surface area contributed by atoms with E-state index in [2.05, 4.69) is 36.0 Å². The zero-order valence-electron chi connectivity index (χ0n) is 13.3. The lowest BCUT2D eigenvalue weighted by Gasteiger charge is -2.29. The fraction of sp³-hybridized carbons (Fsp3) is 0.800. The molecule has 4 nitrogen and oxygen atoms in total. The molecular formula is C15H29N3OS. The van der Waals surface area contributed by atoms with Gasteiger partial charge in [0, 0.05) is 37.3 Å². The van der Waals surface area contributed by atoms with Crippen molar-refractivity contribution in [1.29, 1.82) is 0 Å². The molecule has 0 atom stereocenters. The molecule has 5 heteroatoms. The van der Waals surface area contributed by atoms with E-state index in [0.29, 0.717) is 6.04 Å². The Morgan fingerprint density at radius 3 is 2.70 bits per heavy atom. The van der Waals surface area contributed by atoms with Crippen molar-refractivity contribution in [3.63, 3.8) is 0 Å². The molecule has 1 aromatic heterocycles. The fourth-order valence-electron chi connectivity index (χ4n) is 2.25. The van der Waals surface area contributed by atoms with Crippen molar-refractivity contribution in [1.82, 2.24) is 10.3 Å². The zero-order chi connectivity index (χ0) is 14.8. The van der Waals surface area contributed by atoms with Gasteiger partial charge in [-0.05, 0) is 25.8 Å². The molecule has 0 aliphatic carbocycles. The van der Waals surface area contributed by atoms with Gasteiger partial charge in [-0.1, -0.05) is 20.8 Å². The van der Waals surface area contributed by atoms with Crippen molar-refractivity contribution in [2.24, 2.45) is 0 Å². The Morgan fingerprint density at radius 2 is 2.10 bits per heavy atom. The SMILES string of the molecule is CCCNCc1cnc(N(CCOC)C(CC)CC)s1. The standard InChI is InChI=1S/C15H29N3OS/c1-5-8-16-11-14-12-17-15(20-14)18(9-10-19-4)13(6-2)7-3/h12-13,16H,5-11H2,1-4H3. The van der Waals surface area contributed by atoms with E-state index >= 15 is 0 Å². The fourth-order valence-corrected chi connectivity index (χ4v) is 3.23.